The van der Waals surface area contributed by atoms with Crippen molar-refractivity contribution in [2.24, 2.45) is 5.10 Å². The van der Waals surface area contributed by atoms with Gasteiger partial charge in [-0.15, -0.1) is 0 Å². The number of amides is 1. The summed E-state index contributed by atoms with van der Waals surface area (Å²) in [5.74, 6) is -7.53. The highest BCUT2D eigenvalue weighted by Gasteiger charge is 2.61. The Bertz CT molecular complexity index is 2330. The molecule has 0 aliphatic heterocycles. The summed E-state index contributed by atoms with van der Waals surface area (Å²) in [7, 11) is 1.12. The van der Waals surface area contributed by atoms with Crippen LogP contribution in [0.25, 0.3) is 10.8 Å². The number of nitrogens with zero attached hydrogens (tertiary/aromatic N) is 1. The molecule has 14 heteroatoms. The molecule has 1 spiro atoms. The minimum Gasteiger partial charge on any atom is -0.507 e. The molecule has 0 fully saturated rings. The van der Waals surface area contributed by atoms with E-state index in [0.717, 1.165) is 13.2 Å². The predicted molar refractivity (Wildman–Crippen MR) is 164 cm³/mol. The van der Waals surface area contributed by atoms with Crippen LogP contribution in [0.1, 0.15) is 75.0 Å². The molecule has 14 nitrogen and oxygen atoms in total. The number of aromatic hydroxyl groups is 3. The molecule has 0 bridgehead atoms. The summed E-state index contributed by atoms with van der Waals surface area (Å²) in [6.45, 7) is 0. The predicted octanol–water partition coefficient (Wildman–Crippen LogP) is 2.16. The molecule has 1 atom stereocenters. The van der Waals surface area contributed by atoms with Crippen molar-refractivity contribution in [2.75, 3.05) is 12.8 Å². The number of ether oxygens (including phenoxy) is 1. The average Bonchev–Trinajstić information content (AvgIpc) is 3.53. The Kier molecular flexibility index (Phi) is 6.18. The lowest BCUT2D eigenvalue weighted by Gasteiger charge is -2.22. The lowest BCUT2D eigenvalue weighted by molar-refractivity contribution is 0.0790. The Hall–Kier alpha value is -6.57. The second-order valence-corrected chi connectivity index (χ2v) is 11.2. The number of methoxy groups -OCH3 is 1. The Morgan fingerprint density at radius 1 is 0.979 bits per heavy atom. The lowest BCUT2D eigenvalue weighted by atomic mass is 9.76. The number of ketones is 4. The summed E-state index contributed by atoms with van der Waals surface area (Å²) < 4.78 is 4.91. The first kappa shape index (κ1) is 29.2. The maximum Gasteiger partial charge on any atom is 0.273 e. The van der Waals surface area contributed by atoms with E-state index >= 15 is 0 Å². The number of aromatic nitrogens is 1. The van der Waals surface area contributed by atoms with Crippen LogP contribution in [0.4, 0.5) is 5.69 Å². The number of hydrogen-bond donors (Lipinski definition) is 6. The number of phenolic OH excluding ortho intramolecular Hbond substituents is 3. The number of anilines is 1. The SMILES string of the molecule is COC1=CC(=O)c2c(O)c3c(c(O)c2C1=O)C(=O)C1(CCc2cc4cc(/C=N/NC(=O)c5ccccc5N)[nH]c(=O)c4c(O)c21)C3=O. The number of allylic oxidation sites excluding steroid dienone is 2. The third-order valence-corrected chi connectivity index (χ3v) is 8.84. The Labute approximate surface area is 262 Å². The fourth-order valence-electron chi connectivity index (χ4n) is 6.75. The maximum atomic E-state index is 14.1. The maximum absolute atomic E-state index is 14.1. The highest BCUT2D eigenvalue weighted by molar-refractivity contribution is 6.38. The first-order chi connectivity index (χ1) is 22.4. The molecule has 3 aromatic carbocycles. The Morgan fingerprint density at radius 2 is 1.66 bits per heavy atom. The normalized spacial score (nSPS) is 18.1. The number of aromatic amines is 1. The first-order valence-electron chi connectivity index (χ1n) is 14.1. The van der Waals surface area contributed by atoms with Gasteiger partial charge in [0.15, 0.2) is 23.1 Å². The molecule has 0 radical (unpaired) electrons. The van der Waals surface area contributed by atoms with E-state index < -0.39 is 85.3 Å². The molecule has 1 aromatic heterocycles. The number of carbonyl (C=O) groups is 5. The molecule has 47 heavy (non-hydrogen) atoms. The smallest absolute Gasteiger partial charge is 0.273 e. The number of nitrogens with one attached hydrogen (secondary N) is 2. The molecule has 3 aliphatic rings. The molecule has 234 valence electrons. The lowest BCUT2D eigenvalue weighted by Crippen LogP contribution is -2.36. The molecule has 1 amide bonds. The van der Waals surface area contributed by atoms with E-state index in [1.54, 1.807) is 18.2 Å². The van der Waals surface area contributed by atoms with Gasteiger partial charge in [-0.1, -0.05) is 18.2 Å². The summed E-state index contributed by atoms with van der Waals surface area (Å²) in [6, 6.07) is 9.34. The van der Waals surface area contributed by atoms with Crippen molar-refractivity contribution < 1.29 is 44.0 Å². The number of hydrogen-bond acceptors (Lipinski definition) is 12. The van der Waals surface area contributed by atoms with Crippen LogP contribution >= 0.6 is 0 Å². The molecule has 7 N–H and O–H groups in total. The third kappa shape index (κ3) is 3.81. The second kappa shape index (κ2) is 9.97. The molecular formula is C33H22N4O10. The van der Waals surface area contributed by atoms with Gasteiger partial charge in [-0.25, -0.2) is 5.43 Å². The summed E-state index contributed by atoms with van der Waals surface area (Å²) in [6.07, 6.45) is 1.84. The summed E-state index contributed by atoms with van der Waals surface area (Å²) in [4.78, 5) is 82.2. The van der Waals surface area contributed by atoms with Crippen LogP contribution < -0.4 is 16.7 Å². The van der Waals surface area contributed by atoms with Crippen molar-refractivity contribution >= 4 is 51.7 Å². The van der Waals surface area contributed by atoms with E-state index in [9.17, 15) is 44.1 Å². The molecule has 3 aliphatic carbocycles. The zero-order chi connectivity index (χ0) is 33.5. The van der Waals surface area contributed by atoms with E-state index in [-0.39, 0.29) is 46.1 Å². The molecule has 1 heterocycles. The summed E-state index contributed by atoms with van der Waals surface area (Å²) >= 11 is 0. The Morgan fingerprint density at radius 3 is 2.34 bits per heavy atom. The highest BCUT2D eigenvalue weighted by atomic mass is 16.5. The van der Waals surface area contributed by atoms with Crippen LogP contribution in [0.15, 0.2) is 58.1 Å². The van der Waals surface area contributed by atoms with Crippen LogP contribution in [0.5, 0.6) is 17.2 Å². The van der Waals surface area contributed by atoms with E-state index in [2.05, 4.69) is 15.5 Å². The van der Waals surface area contributed by atoms with E-state index in [0.29, 0.717) is 5.56 Å². The molecular weight excluding hydrogens is 612 g/mol. The topological polar surface area (TPSA) is 239 Å². The first-order valence-corrected chi connectivity index (χ1v) is 14.1. The van der Waals surface area contributed by atoms with Gasteiger partial charge in [0.25, 0.3) is 11.5 Å². The number of pyridine rings is 1. The van der Waals surface area contributed by atoms with E-state index in [1.165, 1.54) is 24.4 Å². The second-order valence-electron chi connectivity index (χ2n) is 11.2. The summed E-state index contributed by atoms with van der Waals surface area (Å²) in [5, 5.41) is 37.6. The van der Waals surface area contributed by atoms with Gasteiger partial charge < -0.3 is 30.8 Å². The number of rotatable bonds is 4. The van der Waals surface area contributed by atoms with Gasteiger partial charge in [-0.2, -0.15) is 5.10 Å². The molecule has 7 rings (SSSR count). The van der Waals surface area contributed by atoms with Crippen molar-refractivity contribution in [2.45, 2.75) is 18.3 Å². The monoisotopic (exact) mass is 634 g/mol. The van der Waals surface area contributed by atoms with Crippen LogP contribution in [0.3, 0.4) is 0 Å². The quantitative estimate of drug-likeness (QED) is 0.0625. The minimum absolute atomic E-state index is 0.0730. The number of benzene rings is 3. The van der Waals surface area contributed by atoms with Crippen molar-refractivity contribution in [3.05, 3.63) is 103 Å². The number of nitrogen functional groups attached to an aromatic ring is 1. The fraction of sp³-hybridized carbons (Fsp3) is 0.121. The number of para-hydroxylation sites is 1. The van der Waals surface area contributed by atoms with Crippen molar-refractivity contribution in [3.8, 4) is 17.2 Å². The zero-order valence-electron chi connectivity index (χ0n) is 24.3. The van der Waals surface area contributed by atoms with Gasteiger partial charge in [0.2, 0.25) is 5.78 Å². The van der Waals surface area contributed by atoms with Crippen molar-refractivity contribution in [1.82, 2.24) is 10.4 Å². The number of carbonyl (C=O) groups excluding carboxylic acids is 5. The number of nitrogens with two attached hydrogens (primary N) is 1. The number of aryl methyl sites for hydroxylation is 1. The summed E-state index contributed by atoms with van der Waals surface area (Å²) in [5.41, 5.74) is 3.24. The largest absolute Gasteiger partial charge is 0.507 e. The van der Waals surface area contributed by atoms with Crippen LogP contribution in [0.2, 0.25) is 0 Å². The van der Waals surface area contributed by atoms with Crippen molar-refractivity contribution in [1.29, 1.82) is 0 Å². The number of Topliss-reactive ketones (excluding diaryl/α,β-unsaturated/α-hetero) is 3. The van der Waals surface area contributed by atoms with E-state index in [4.69, 9.17) is 10.5 Å². The van der Waals surface area contributed by atoms with Gasteiger partial charge in [0.05, 0.1) is 52.2 Å². The van der Waals surface area contributed by atoms with Crippen LogP contribution in [-0.2, 0) is 16.6 Å². The molecule has 4 aromatic rings. The van der Waals surface area contributed by atoms with Crippen LogP contribution in [0, 0.1) is 0 Å². The van der Waals surface area contributed by atoms with Gasteiger partial charge in [0, 0.05) is 17.3 Å². The molecule has 0 saturated heterocycles. The highest BCUT2D eigenvalue weighted by Crippen LogP contribution is 2.57. The fourth-order valence-corrected chi connectivity index (χ4v) is 6.75. The minimum atomic E-state index is -2.16. The zero-order valence-corrected chi connectivity index (χ0v) is 24.3. The van der Waals surface area contributed by atoms with E-state index in [1.807, 2.05) is 0 Å². The number of hydrazone groups is 1. The third-order valence-electron chi connectivity index (χ3n) is 8.84. The van der Waals surface area contributed by atoms with Crippen LogP contribution in [-0.4, -0.2) is 62.7 Å². The van der Waals surface area contributed by atoms with Gasteiger partial charge in [-0.3, -0.25) is 28.8 Å². The molecule has 1 unspecified atom stereocenters. The van der Waals surface area contributed by atoms with Gasteiger partial charge in [0.1, 0.15) is 22.7 Å². The average molecular weight is 635 g/mol. The number of phenols is 3. The Balaban J connectivity index is 1.31. The number of fused-ring (bicyclic) bond motifs is 5. The number of H-pyrrole nitrogens is 1. The van der Waals surface area contributed by atoms with Crippen molar-refractivity contribution in [3.63, 3.8) is 0 Å². The molecule has 0 saturated carbocycles. The van der Waals surface area contributed by atoms with Gasteiger partial charge >= 0.3 is 0 Å². The standard InChI is InChI=1S/C33H22N4O10/c1-47-18-10-17(38)20-21(25(18)39)27(41)23-22(26(20)40)29(43)33(30(23)44)7-6-12-8-13-9-14(36-32(46)19(13)28(42)24(12)33)11-35-37-31(45)15-4-2-3-5-16(15)34/h2-5,8-11,40-42H,6-7,34H2,1H3,(H,36,46)(H,37,45)/b35-11+. The van der Waals surface area contributed by atoms with Gasteiger partial charge in [-0.05, 0) is 42.0 Å².